The summed E-state index contributed by atoms with van der Waals surface area (Å²) in [5.41, 5.74) is -4.91. The van der Waals surface area contributed by atoms with Crippen LogP contribution in [0.3, 0.4) is 0 Å². The lowest BCUT2D eigenvalue weighted by Gasteiger charge is -2.31. The predicted molar refractivity (Wildman–Crippen MR) is 119 cm³/mol. The molecule has 0 saturated heterocycles. The van der Waals surface area contributed by atoms with E-state index in [4.69, 9.17) is 9.84 Å². The Hall–Kier alpha value is -2.69. The minimum atomic E-state index is -5.90. The van der Waals surface area contributed by atoms with Gasteiger partial charge in [0.05, 0.1) is 24.1 Å². The van der Waals surface area contributed by atoms with Crippen molar-refractivity contribution in [1.29, 1.82) is 0 Å². The van der Waals surface area contributed by atoms with Crippen LogP contribution in [-0.2, 0) is 15.6 Å². The molecule has 3 rings (SSSR count). The maximum absolute atomic E-state index is 12.6. The van der Waals surface area contributed by atoms with Crippen molar-refractivity contribution in [2.45, 2.75) is 39.1 Å². The number of alkyl halides is 6. The Morgan fingerprint density at radius 1 is 0.629 bits per heavy atom. The molecule has 0 aromatic heterocycles. The topological polar surface area (TPSA) is 38.7 Å². The Balaban J connectivity index is 1.55. The number of benzene rings is 3. The number of rotatable bonds is 10. The van der Waals surface area contributed by atoms with Gasteiger partial charge in [-0.1, -0.05) is 36.4 Å². The van der Waals surface area contributed by atoms with Crippen LogP contribution < -0.4 is 4.74 Å². The first-order chi connectivity index (χ1) is 16.5. The van der Waals surface area contributed by atoms with Crippen molar-refractivity contribution in [3.05, 3.63) is 84.9 Å². The molecule has 1 N–H and O–H groups in total. The summed E-state index contributed by atoms with van der Waals surface area (Å²) >= 11 is 0. The van der Waals surface area contributed by atoms with Crippen molar-refractivity contribution in [2.75, 3.05) is 19.8 Å². The van der Waals surface area contributed by atoms with Crippen LogP contribution in [0.25, 0.3) is 0 Å². The van der Waals surface area contributed by atoms with Gasteiger partial charge in [-0.15, -0.1) is 0 Å². The highest BCUT2D eigenvalue weighted by atomic mass is 32.2. The third kappa shape index (κ3) is 6.71. The van der Waals surface area contributed by atoms with E-state index < -0.39 is 31.2 Å². The molecule has 35 heavy (non-hydrogen) atoms. The summed E-state index contributed by atoms with van der Waals surface area (Å²) in [6, 6.07) is 27.4. The number of hydrogen-bond acceptors (Lipinski definition) is 3. The van der Waals surface area contributed by atoms with Crippen molar-refractivity contribution in [2.24, 2.45) is 0 Å². The normalized spacial score (nSPS) is 12.7. The summed E-state index contributed by atoms with van der Waals surface area (Å²) in [6.07, 6.45) is -11.8. The lowest BCUT2D eigenvalue weighted by Crippen LogP contribution is -2.60. The maximum Gasteiger partial charge on any atom is 0.428 e. The molecule has 0 amide bonds. The van der Waals surface area contributed by atoms with Gasteiger partial charge in [-0.05, 0) is 48.5 Å². The summed E-state index contributed by atoms with van der Waals surface area (Å²) in [7, 11) is -0.339. The smallest absolute Gasteiger partial charge is 0.428 e. The average molecular weight is 518 g/mol. The van der Waals surface area contributed by atoms with Gasteiger partial charge in [0.1, 0.15) is 5.75 Å². The molecule has 3 nitrogen and oxygen atoms in total. The molecular weight excluding hydrogens is 494 g/mol. The zero-order chi connectivity index (χ0) is 25.5. The number of hydrogen-bond donors (Lipinski definition) is 1. The number of ether oxygens (including phenoxy) is 2. The Morgan fingerprint density at radius 3 is 1.54 bits per heavy atom. The van der Waals surface area contributed by atoms with Crippen LogP contribution in [0.15, 0.2) is 99.6 Å². The molecule has 0 spiro atoms. The minimum Gasteiger partial charge on any atom is -0.494 e. The molecule has 0 aliphatic carbocycles. The van der Waals surface area contributed by atoms with E-state index in [2.05, 4.69) is 29.0 Å². The van der Waals surface area contributed by atoms with Gasteiger partial charge >= 0.3 is 12.4 Å². The summed E-state index contributed by atoms with van der Waals surface area (Å²) in [5.74, 6) is 0.500. The summed E-state index contributed by atoms with van der Waals surface area (Å²) in [6.45, 7) is -2.37. The van der Waals surface area contributed by atoms with Crippen molar-refractivity contribution < 1.29 is 40.9 Å². The second kappa shape index (κ2) is 11.4. The highest BCUT2D eigenvalue weighted by molar-refractivity contribution is 7.97. The van der Waals surface area contributed by atoms with E-state index in [1.807, 2.05) is 48.5 Å². The summed E-state index contributed by atoms with van der Waals surface area (Å²) in [4.78, 5) is 3.33. The van der Waals surface area contributed by atoms with E-state index in [0.29, 0.717) is 5.75 Å². The van der Waals surface area contributed by atoms with E-state index in [1.54, 1.807) is 12.1 Å². The monoisotopic (exact) mass is 517 g/mol. The second-order valence-electron chi connectivity index (χ2n) is 7.51. The minimum absolute atomic E-state index is 0.0128. The van der Waals surface area contributed by atoms with Crippen LogP contribution in [0, 0.1) is 0 Å². The van der Waals surface area contributed by atoms with Gasteiger partial charge < -0.3 is 14.6 Å². The average Bonchev–Trinajstić information content (AvgIpc) is 2.82. The molecule has 188 valence electrons. The molecule has 0 fully saturated rings. The molecule has 10 heteroatoms. The van der Waals surface area contributed by atoms with Crippen molar-refractivity contribution in [3.63, 3.8) is 0 Å². The van der Waals surface area contributed by atoms with E-state index in [9.17, 15) is 26.3 Å². The third-order valence-corrected chi connectivity index (χ3v) is 7.20. The van der Waals surface area contributed by atoms with Gasteiger partial charge in [0.15, 0.2) is 14.7 Å². The van der Waals surface area contributed by atoms with E-state index in [0.717, 1.165) is 14.7 Å². The third-order valence-electron chi connectivity index (χ3n) is 4.97. The highest BCUT2D eigenvalue weighted by Crippen LogP contribution is 2.43. The van der Waals surface area contributed by atoms with Gasteiger partial charge in [0, 0.05) is 13.0 Å². The van der Waals surface area contributed by atoms with Crippen LogP contribution >= 0.6 is 0 Å². The Morgan fingerprint density at radius 2 is 1.09 bits per heavy atom. The standard InChI is InChI=1S/C25H23F6O3S/c26-24(27,28)23(32,25(29,30)31)18-33-16-7-17-34-19-12-14-22(15-13-19)35(20-8-3-1-4-9-20)21-10-5-2-6-11-21/h1-6,8-15,32H,7,16-18H2/q+1. The van der Waals surface area contributed by atoms with Crippen LogP contribution in [0.1, 0.15) is 6.42 Å². The van der Waals surface area contributed by atoms with Gasteiger partial charge in [-0.3, -0.25) is 0 Å². The molecule has 0 aliphatic heterocycles. The fourth-order valence-electron chi connectivity index (χ4n) is 3.09. The molecule has 0 aliphatic rings. The first kappa shape index (κ1) is 26.9. The maximum atomic E-state index is 12.6. The molecular formula is C25H23F6O3S+. The summed E-state index contributed by atoms with van der Waals surface area (Å²) < 4.78 is 85.8. The Kier molecular flexibility index (Phi) is 8.74. The summed E-state index contributed by atoms with van der Waals surface area (Å²) in [5, 5.41) is 9.05. The van der Waals surface area contributed by atoms with Crippen molar-refractivity contribution in [1.82, 2.24) is 0 Å². The van der Waals surface area contributed by atoms with E-state index in [-0.39, 0.29) is 23.9 Å². The molecule has 3 aromatic rings. The van der Waals surface area contributed by atoms with E-state index >= 15 is 0 Å². The van der Waals surface area contributed by atoms with Crippen LogP contribution in [0.2, 0.25) is 0 Å². The van der Waals surface area contributed by atoms with Crippen LogP contribution in [0.4, 0.5) is 26.3 Å². The number of halogens is 6. The van der Waals surface area contributed by atoms with Crippen molar-refractivity contribution >= 4 is 10.9 Å². The molecule has 0 bridgehead atoms. The fourth-order valence-corrected chi connectivity index (χ4v) is 5.17. The lowest BCUT2D eigenvalue weighted by molar-refractivity contribution is -0.378. The second-order valence-corrected chi connectivity index (χ2v) is 9.54. The van der Waals surface area contributed by atoms with Crippen LogP contribution in [-0.4, -0.2) is 42.9 Å². The Labute approximate surface area is 201 Å². The van der Waals surface area contributed by atoms with Gasteiger partial charge in [0.25, 0.3) is 5.60 Å². The Bertz CT molecular complexity index is 987. The molecule has 0 radical (unpaired) electrons. The predicted octanol–water partition coefficient (Wildman–Crippen LogP) is 6.42. The SMILES string of the molecule is OC(COCCCOc1ccc([S+](c2ccccc2)c2ccccc2)cc1)(C(F)(F)F)C(F)(F)F. The van der Waals surface area contributed by atoms with Crippen molar-refractivity contribution in [3.8, 4) is 5.75 Å². The first-order valence-electron chi connectivity index (χ1n) is 10.5. The van der Waals surface area contributed by atoms with Crippen LogP contribution in [0.5, 0.6) is 5.75 Å². The van der Waals surface area contributed by atoms with Gasteiger partial charge in [-0.2, -0.15) is 26.3 Å². The fraction of sp³-hybridized carbons (Fsp3) is 0.280. The highest BCUT2D eigenvalue weighted by Gasteiger charge is 2.70. The first-order valence-corrected chi connectivity index (χ1v) is 11.8. The zero-order valence-corrected chi connectivity index (χ0v) is 19.2. The zero-order valence-electron chi connectivity index (χ0n) is 18.4. The molecule has 0 heterocycles. The van der Waals surface area contributed by atoms with Gasteiger partial charge in [0.2, 0.25) is 0 Å². The molecule has 3 aromatic carbocycles. The number of aliphatic hydroxyl groups is 1. The lowest BCUT2D eigenvalue weighted by atomic mass is 10.0. The van der Waals surface area contributed by atoms with Gasteiger partial charge in [-0.25, -0.2) is 0 Å². The largest absolute Gasteiger partial charge is 0.494 e. The molecule has 0 saturated carbocycles. The quantitative estimate of drug-likeness (QED) is 0.192. The molecule has 0 atom stereocenters. The molecule has 0 unspecified atom stereocenters. The van der Waals surface area contributed by atoms with E-state index in [1.165, 1.54) is 0 Å².